The molecule has 11 heteroatoms. The van der Waals surface area contributed by atoms with Crippen LogP contribution < -0.4 is 10.6 Å². The number of benzene rings is 2. The SMILES string of the molecule is CCOC(=O)[C@@H]1CCCN(c2nc(-c3ccc(F)cc3F)c3c(N)n(-c4cccc(F)c4)nc3n2)C1. The topological polar surface area (TPSA) is 99.2 Å². The number of anilines is 2. The van der Waals surface area contributed by atoms with E-state index in [4.69, 9.17) is 10.5 Å². The predicted octanol–water partition coefficient (Wildman–Crippen LogP) is 4.26. The fraction of sp³-hybridized carbons (Fsp3) is 0.280. The van der Waals surface area contributed by atoms with Crippen LogP contribution in [-0.4, -0.2) is 45.4 Å². The Morgan fingerprint density at radius 2 is 1.94 bits per heavy atom. The summed E-state index contributed by atoms with van der Waals surface area (Å²) < 4.78 is 49.0. The minimum atomic E-state index is -0.832. The van der Waals surface area contributed by atoms with E-state index in [-0.39, 0.29) is 52.6 Å². The molecule has 0 bridgehead atoms. The van der Waals surface area contributed by atoms with E-state index < -0.39 is 17.5 Å². The van der Waals surface area contributed by atoms with E-state index in [2.05, 4.69) is 15.1 Å². The van der Waals surface area contributed by atoms with Gasteiger partial charge < -0.3 is 15.4 Å². The monoisotopic (exact) mass is 496 g/mol. The highest BCUT2D eigenvalue weighted by Crippen LogP contribution is 2.35. The average molecular weight is 496 g/mol. The molecule has 0 aliphatic carbocycles. The van der Waals surface area contributed by atoms with Crippen molar-refractivity contribution in [2.45, 2.75) is 19.8 Å². The Balaban J connectivity index is 1.67. The molecule has 2 aromatic heterocycles. The van der Waals surface area contributed by atoms with Crippen LogP contribution in [0.4, 0.5) is 24.9 Å². The summed E-state index contributed by atoms with van der Waals surface area (Å²) in [4.78, 5) is 23.3. The van der Waals surface area contributed by atoms with Gasteiger partial charge in [0.15, 0.2) is 5.65 Å². The number of hydrogen-bond acceptors (Lipinski definition) is 7. The molecule has 0 unspecified atom stereocenters. The molecule has 0 radical (unpaired) electrons. The lowest BCUT2D eigenvalue weighted by molar-refractivity contribution is -0.148. The first-order valence-corrected chi connectivity index (χ1v) is 11.5. The van der Waals surface area contributed by atoms with Gasteiger partial charge >= 0.3 is 5.97 Å². The minimum Gasteiger partial charge on any atom is -0.466 e. The second-order valence-electron chi connectivity index (χ2n) is 8.51. The zero-order valence-corrected chi connectivity index (χ0v) is 19.4. The fourth-order valence-electron chi connectivity index (χ4n) is 4.43. The number of carbonyl (C=O) groups is 1. The third-order valence-electron chi connectivity index (χ3n) is 6.12. The van der Waals surface area contributed by atoms with Crippen molar-refractivity contribution >= 4 is 28.8 Å². The van der Waals surface area contributed by atoms with Gasteiger partial charge in [0.2, 0.25) is 5.95 Å². The van der Waals surface area contributed by atoms with Crippen LogP contribution in [0.5, 0.6) is 0 Å². The van der Waals surface area contributed by atoms with Crippen LogP contribution >= 0.6 is 0 Å². The molecule has 1 fully saturated rings. The number of aromatic nitrogens is 4. The van der Waals surface area contributed by atoms with Gasteiger partial charge in [-0.2, -0.15) is 4.98 Å². The summed E-state index contributed by atoms with van der Waals surface area (Å²) in [5.41, 5.74) is 7.01. The molecule has 186 valence electrons. The van der Waals surface area contributed by atoms with Gasteiger partial charge in [-0.3, -0.25) is 4.79 Å². The van der Waals surface area contributed by atoms with Crippen LogP contribution in [0.2, 0.25) is 0 Å². The van der Waals surface area contributed by atoms with Gasteiger partial charge in [-0.05, 0) is 50.1 Å². The van der Waals surface area contributed by atoms with Gasteiger partial charge in [-0.25, -0.2) is 22.8 Å². The van der Waals surface area contributed by atoms with E-state index in [1.165, 1.54) is 28.9 Å². The van der Waals surface area contributed by atoms with Crippen LogP contribution in [0.15, 0.2) is 42.5 Å². The van der Waals surface area contributed by atoms with Crippen LogP contribution in [0, 0.1) is 23.4 Å². The zero-order valence-electron chi connectivity index (χ0n) is 19.4. The molecule has 0 spiro atoms. The number of ether oxygens (including phenoxy) is 1. The highest BCUT2D eigenvalue weighted by molar-refractivity contribution is 5.99. The lowest BCUT2D eigenvalue weighted by Crippen LogP contribution is -2.40. The quantitative estimate of drug-likeness (QED) is 0.412. The zero-order chi connectivity index (χ0) is 25.4. The third-order valence-corrected chi connectivity index (χ3v) is 6.12. The van der Waals surface area contributed by atoms with Crippen LogP contribution in [0.25, 0.3) is 28.0 Å². The number of piperidine rings is 1. The second-order valence-corrected chi connectivity index (χ2v) is 8.51. The summed E-state index contributed by atoms with van der Waals surface area (Å²) >= 11 is 0. The largest absolute Gasteiger partial charge is 0.466 e. The fourth-order valence-corrected chi connectivity index (χ4v) is 4.43. The summed E-state index contributed by atoms with van der Waals surface area (Å²) in [6, 6.07) is 8.82. The van der Waals surface area contributed by atoms with E-state index >= 15 is 0 Å². The Kier molecular flexibility index (Phi) is 6.21. The Bertz CT molecular complexity index is 1460. The first-order valence-electron chi connectivity index (χ1n) is 11.5. The third kappa shape index (κ3) is 4.32. The maximum absolute atomic E-state index is 14.9. The van der Waals surface area contributed by atoms with E-state index in [1.54, 1.807) is 13.0 Å². The summed E-state index contributed by atoms with van der Waals surface area (Å²) in [5.74, 6) is -2.42. The molecule has 3 heterocycles. The Hall–Kier alpha value is -4.15. The molecule has 2 N–H and O–H groups in total. The number of nitrogens with zero attached hydrogens (tertiary/aromatic N) is 5. The van der Waals surface area contributed by atoms with Crippen molar-refractivity contribution < 1.29 is 22.7 Å². The number of carbonyl (C=O) groups excluding carboxylic acids is 1. The lowest BCUT2D eigenvalue weighted by Gasteiger charge is -2.31. The Labute approximate surface area is 204 Å². The normalized spacial score (nSPS) is 15.9. The number of nitrogen functional groups attached to an aromatic ring is 1. The van der Waals surface area contributed by atoms with Gasteiger partial charge in [0.1, 0.15) is 23.3 Å². The summed E-state index contributed by atoms with van der Waals surface area (Å²) in [5, 5.41) is 4.70. The van der Waals surface area contributed by atoms with Gasteiger partial charge in [-0.1, -0.05) is 6.07 Å². The van der Waals surface area contributed by atoms with Crippen molar-refractivity contribution in [2.24, 2.45) is 5.92 Å². The number of esters is 1. The molecular weight excluding hydrogens is 473 g/mol. The standard InChI is InChI=1S/C25H23F3N6O2/c1-2-36-24(35)14-5-4-10-33(13-14)25-30-21(18-9-8-16(27)12-19(18)28)20-22(29)34(32-23(20)31-25)17-7-3-6-15(26)11-17/h3,6-9,11-12,14H,2,4-5,10,13,29H2,1H3/t14-/m1/s1. The van der Waals surface area contributed by atoms with Crippen molar-refractivity contribution in [3.05, 3.63) is 59.9 Å². The molecule has 0 amide bonds. The van der Waals surface area contributed by atoms with Crippen LogP contribution in [-0.2, 0) is 9.53 Å². The van der Waals surface area contributed by atoms with Gasteiger partial charge in [-0.15, -0.1) is 5.10 Å². The molecule has 1 aliphatic heterocycles. The predicted molar refractivity (Wildman–Crippen MR) is 128 cm³/mol. The van der Waals surface area contributed by atoms with E-state index in [9.17, 15) is 18.0 Å². The smallest absolute Gasteiger partial charge is 0.310 e. The van der Waals surface area contributed by atoms with E-state index in [0.717, 1.165) is 12.1 Å². The van der Waals surface area contributed by atoms with Crippen molar-refractivity contribution in [3.8, 4) is 16.9 Å². The molecule has 2 aromatic carbocycles. The van der Waals surface area contributed by atoms with E-state index in [1.807, 2.05) is 4.90 Å². The molecule has 5 rings (SSSR count). The first-order chi connectivity index (χ1) is 17.4. The van der Waals surface area contributed by atoms with E-state index in [0.29, 0.717) is 31.6 Å². The summed E-state index contributed by atoms with van der Waals surface area (Å²) in [7, 11) is 0. The number of halogens is 3. The highest BCUT2D eigenvalue weighted by atomic mass is 19.1. The molecule has 36 heavy (non-hydrogen) atoms. The molecule has 1 saturated heterocycles. The molecular formula is C25H23F3N6O2. The number of rotatable bonds is 5. The molecule has 0 saturated carbocycles. The average Bonchev–Trinajstić information content (AvgIpc) is 3.20. The van der Waals surface area contributed by atoms with Crippen LogP contribution in [0.1, 0.15) is 19.8 Å². The van der Waals surface area contributed by atoms with Crippen molar-refractivity contribution in [1.29, 1.82) is 0 Å². The molecule has 1 aliphatic rings. The first kappa shape index (κ1) is 23.6. The number of hydrogen-bond donors (Lipinski definition) is 1. The summed E-state index contributed by atoms with van der Waals surface area (Å²) in [6.07, 6.45) is 1.36. The van der Waals surface area contributed by atoms with Crippen molar-refractivity contribution in [2.75, 3.05) is 30.3 Å². The Morgan fingerprint density at radius 3 is 2.69 bits per heavy atom. The van der Waals surface area contributed by atoms with Gasteiger partial charge in [0.05, 0.1) is 29.3 Å². The lowest BCUT2D eigenvalue weighted by atomic mass is 9.98. The molecule has 1 atom stereocenters. The van der Waals surface area contributed by atoms with Gasteiger partial charge in [0, 0.05) is 24.7 Å². The van der Waals surface area contributed by atoms with Crippen molar-refractivity contribution in [3.63, 3.8) is 0 Å². The van der Waals surface area contributed by atoms with Gasteiger partial charge in [0.25, 0.3) is 0 Å². The maximum atomic E-state index is 14.9. The number of nitrogens with two attached hydrogens (primary N) is 1. The second kappa shape index (κ2) is 9.48. The summed E-state index contributed by atoms with van der Waals surface area (Å²) in [6.45, 7) is 2.91. The molecule has 4 aromatic rings. The maximum Gasteiger partial charge on any atom is 0.310 e. The minimum absolute atomic E-state index is 0.00879. The molecule has 8 nitrogen and oxygen atoms in total. The van der Waals surface area contributed by atoms with Crippen molar-refractivity contribution in [1.82, 2.24) is 19.7 Å². The Morgan fingerprint density at radius 1 is 1.14 bits per heavy atom. The number of fused-ring (bicyclic) bond motifs is 1. The highest BCUT2D eigenvalue weighted by Gasteiger charge is 2.30. The van der Waals surface area contributed by atoms with Crippen LogP contribution in [0.3, 0.4) is 0 Å².